The van der Waals surface area contributed by atoms with Crippen LogP contribution in [0.3, 0.4) is 0 Å². The number of ether oxygens (including phenoxy) is 1. The maximum Gasteiger partial charge on any atom is 0.283 e. The minimum atomic E-state index is -0.798. The van der Waals surface area contributed by atoms with Gasteiger partial charge in [-0.1, -0.05) is 40.9 Å². The monoisotopic (exact) mass is 561 g/mol. The van der Waals surface area contributed by atoms with E-state index in [9.17, 15) is 18.8 Å². The molecule has 0 saturated heterocycles. The summed E-state index contributed by atoms with van der Waals surface area (Å²) in [7, 11) is 1.46. The number of rotatable bonds is 6. The average molecular weight is 563 g/mol. The number of methoxy groups -OCH3 is 1. The van der Waals surface area contributed by atoms with Crippen molar-refractivity contribution >= 4 is 69.6 Å². The van der Waals surface area contributed by atoms with Crippen molar-refractivity contribution in [2.24, 2.45) is 0 Å². The Morgan fingerprint density at radius 2 is 1.62 bits per heavy atom. The number of amides is 3. The van der Waals surface area contributed by atoms with Gasteiger partial charge in [-0.05, 0) is 61.4 Å². The predicted octanol–water partition coefficient (Wildman–Crippen LogP) is 6.45. The topological polar surface area (TPSA) is 87.7 Å². The summed E-state index contributed by atoms with van der Waals surface area (Å²) in [6.45, 7) is 3.55. The smallest absolute Gasteiger partial charge is 0.283 e. The number of imide groups is 1. The van der Waals surface area contributed by atoms with Gasteiger partial charge in [0.2, 0.25) is 0 Å². The van der Waals surface area contributed by atoms with Crippen LogP contribution in [0.5, 0.6) is 5.75 Å². The summed E-state index contributed by atoms with van der Waals surface area (Å²) in [6.07, 6.45) is 0. The summed E-state index contributed by atoms with van der Waals surface area (Å²) >= 11 is 18.2. The molecule has 0 fully saturated rings. The van der Waals surface area contributed by atoms with Crippen LogP contribution in [0.2, 0.25) is 10.0 Å². The van der Waals surface area contributed by atoms with Crippen molar-refractivity contribution in [1.82, 2.24) is 0 Å². The largest absolute Gasteiger partial charge is 0.495 e. The molecular weight excluding hydrogens is 544 g/mol. The Hall–Kier alpha value is -3.59. The van der Waals surface area contributed by atoms with Gasteiger partial charge in [0, 0.05) is 22.3 Å². The maximum atomic E-state index is 13.6. The molecule has 4 rings (SSSR count). The van der Waals surface area contributed by atoms with Crippen LogP contribution in [0, 0.1) is 19.7 Å². The third-order valence-electron chi connectivity index (χ3n) is 5.68. The molecule has 3 aromatic rings. The van der Waals surface area contributed by atoms with E-state index in [1.807, 2.05) is 0 Å². The molecule has 0 atom stereocenters. The van der Waals surface area contributed by atoms with Crippen molar-refractivity contribution in [3.05, 3.63) is 91.8 Å². The van der Waals surface area contributed by atoms with Gasteiger partial charge in [-0.25, -0.2) is 9.29 Å². The molecule has 2 N–H and O–H groups in total. The number of carbonyl (C=O) groups excluding carboxylic acids is 3. The van der Waals surface area contributed by atoms with Crippen molar-refractivity contribution in [2.75, 3.05) is 22.6 Å². The predicted molar refractivity (Wildman–Crippen MR) is 142 cm³/mol. The summed E-state index contributed by atoms with van der Waals surface area (Å²) in [6, 6.07) is 11.5. The fraction of sp³-hybridized carbons (Fsp3) is 0.115. The number of aryl methyl sites for hydroxylation is 2. The van der Waals surface area contributed by atoms with Crippen molar-refractivity contribution in [3.8, 4) is 5.75 Å². The first-order valence-electron chi connectivity index (χ1n) is 10.8. The van der Waals surface area contributed by atoms with Gasteiger partial charge in [0.1, 0.15) is 22.3 Å². The molecular formula is C26H19Cl3FN3O4. The van der Waals surface area contributed by atoms with Crippen LogP contribution in [0.1, 0.15) is 21.5 Å². The van der Waals surface area contributed by atoms with Crippen LogP contribution in [-0.4, -0.2) is 24.8 Å². The van der Waals surface area contributed by atoms with E-state index in [0.29, 0.717) is 27.7 Å². The fourth-order valence-electron chi connectivity index (χ4n) is 3.63. The van der Waals surface area contributed by atoms with E-state index in [-0.39, 0.29) is 27.0 Å². The Morgan fingerprint density at radius 3 is 2.30 bits per heavy atom. The zero-order valence-corrected chi connectivity index (χ0v) is 22.0. The number of halogens is 4. The first-order valence-corrected chi connectivity index (χ1v) is 11.9. The van der Waals surface area contributed by atoms with Crippen molar-refractivity contribution in [1.29, 1.82) is 0 Å². The highest BCUT2D eigenvalue weighted by atomic mass is 35.5. The van der Waals surface area contributed by atoms with Gasteiger partial charge >= 0.3 is 0 Å². The van der Waals surface area contributed by atoms with Crippen LogP contribution in [0.4, 0.5) is 21.5 Å². The highest BCUT2D eigenvalue weighted by molar-refractivity contribution is 6.53. The summed E-state index contributed by atoms with van der Waals surface area (Å²) < 4.78 is 18.9. The van der Waals surface area contributed by atoms with Crippen molar-refractivity contribution < 1.29 is 23.5 Å². The molecule has 0 saturated carbocycles. The highest BCUT2D eigenvalue weighted by Gasteiger charge is 2.39. The van der Waals surface area contributed by atoms with E-state index in [0.717, 1.165) is 22.6 Å². The molecule has 1 aliphatic rings. The number of nitrogens with zero attached hydrogens (tertiary/aromatic N) is 1. The van der Waals surface area contributed by atoms with Gasteiger partial charge in [0.05, 0.1) is 23.5 Å². The second-order valence-electron chi connectivity index (χ2n) is 8.14. The van der Waals surface area contributed by atoms with E-state index < -0.39 is 23.5 Å². The zero-order valence-electron chi connectivity index (χ0n) is 19.7. The second-order valence-corrected chi connectivity index (χ2v) is 9.34. The minimum Gasteiger partial charge on any atom is -0.495 e. The molecule has 1 heterocycles. The van der Waals surface area contributed by atoms with Crippen LogP contribution in [0.25, 0.3) is 0 Å². The maximum absolute atomic E-state index is 13.6. The average Bonchev–Trinajstić information content (AvgIpc) is 3.07. The first kappa shape index (κ1) is 26.5. The van der Waals surface area contributed by atoms with Crippen molar-refractivity contribution in [3.63, 3.8) is 0 Å². The highest BCUT2D eigenvalue weighted by Crippen LogP contribution is 2.34. The minimum absolute atomic E-state index is 0.0633. The standard InChI is InChI=1S/C26H19Cl3FN3O4/c1-12-4-5-14(24(34)32-20-8-13(2)16(27)11-21(20)37-3)9-19(12)31-23-22(29)25(35)33(26(23)36)15-6-7-18(30)17(28)10-15/h4-11,31H,1-3H3,(H,32,34). The first-order chi connectivity index (χ1) is 17.5. The summed E-state index contributed by atoms with van der Waals surface area (Å²) in [4.78, 5) is 39.6. The number of nitrogens with one attached hydrogen (secondary N) is 2. The van der Waals surface area contributed by atoms with E-state index in [1.165, 1.54) is 19.2 Å². The van der Waals surface area contributed by atoms with Crippen LogP contribution >= 0.6 is 34.8 Å². The van der Waals surface area contributed by atoms with Gasteiger partial charge in [-0.3, -0.25) is 14.4 Å². The Balaban J connectivity index is 1.60. The molecule has 190 valence electrons. The van der Waals surface area contributed by atoms with Crippen molar-refractivity contribution in [2.45, 2.75) is 13.8 Å². The zero-order chi connectivity index (χ0) is 27.0. The van der Waals surface area contributed by atoms with E-state index in [2.05, 4.69) is 10.6 Å². The van der Waals surface area contributed by atoms with Gasteiger partial charge in [-0.2, -0.15) is 0 Å². The molecule has 3 amide bonds. The second kappa shape index (κ2) is 10.4. The molecule has 7 nitrogen and oxygen atoms in total. The molecule has 11 heteroatoms. The molecule has 0 aromatic heterocycles. The molecule has 1 aliphatic heterocycles. The van der Waals surface area contributed by atoms with E-state index in [4.69, 9.17) is 39.5 Å². The lowest BCUT2D eigenvalue weighted by atomic mass is 10.1. The summed E-state index contributed by atoms with van der Waals surface area (Å²) in [5.74, 6) is -2.30. The van der Waals surface area contributed by atoms with Gasteiger partial charge in [0.15, 0.2) is 0 Å². The van der Waals surface area contributed by atoms with Gasteiger partial charge < -0.3 is 15.4 Å². The Kier molecular flexibility index (Phi) is 7.45. The fourth-order valence-corrected chi connectivity index (χ4v) is 4.17. The van der Waals surface area contributed by atoms with Gasteiger partial charge in [-0.15, -0.1) is 0 Å². The molecule has 0 bridgehead atoms. The molecule has 37 heavy (non-hydrogen) atoms. The summed E-state index contributed by atoms with van der Waals surface area (Å²) in [5.41, 5.74) is 2.37. The molecule has 0 radical (unpaired) electrons. The Morgan fingerprint density at radius 1 is 0.892 bits per heavy atom. The Labute approximate surface area is 226 Å². The molecule has 0 unspecified atom stereocenters. The van der Waals surface area contributed by atoms with E-state index in [1.54, 1.807) is 38.1 Å². The number of benzene rings is 3. The number of carbonyl (C=O) groups is 3. The molecule has 3 aromatic carbocycles. The number of anilines is 3. The Bertz CT molecular complexity index is 1510. The third-order valence-corrected chi connectivity index (χ3v) is 6.72. The van der Waals surface area contributed by atoms with Crippen LogP contribution in [0.15, 0.2) is 59.3 Å². The molecule has 0 spiro atoms. The van der Waals surface area contributed by atoms with Crippen LogP contribution in [-0.2, 0) is 9.59 Å². The van der Waals surface area contributed by atoms with E-state index >= 15 is 0 Å². The number of hydrogen-bond donors (Lipinski definition) is 2. The molecule has 0 aliphatic carbocycles. The van der Waals surface area contributed by atoms with Crippen LogP contribution < -0.4 is 20.3 Å². The lowest BCUT2D eigenvalue weighted by molar-refractivity contribution is -0.120. The summed E-state index contributed by atoms with van der Waals surface area (Å²) in [5, 5.41) is 5.54. The number of hydrogen-bond acceptors (Lipinski definition) is 5. The normalized spacial score (nSPS) is 13.3. The lowest BCUT2D eigenvalue weighted by Gasteiger charge is -2.16. The third kappa shape index (κ3) is 5.13. The quantitative estimate of drug-likeness (QED) is 0.337. The lowest BCUT2D eigenvalue weighted by Crippen LogP contribution is -2.32. The SMILES string of the molecule is COc1cc(Cl)c(C)cc1NC(=O)c1ccc(C)c(NC2=C(Cl)C(=O)N(c3ccc(F)c(Cl)c3)C2=O)c1. The van der Waals surface area contributed by atoms with Gasteiger partial charge in [0.25, 0.3) is 17.7 Å².